The van der Waals surface area contributed by atoms with Gasteiger partial charge in [0.2, 0.25) is 0 Å². The zero-order valence-electron chi connectivity index (χ0n) is 11.6. The first-order chi connectivity index (χ1) is 9.49. The molecule has 3 N–H and O–H groups in total. The zero-order valence-corrected chi connectivity index (χ0v) is 11.6. The average Bonchev–Trinajstić information content (AvgIpc) is 2.43. The van der Waals surface area contributed by atoms with Crippen molar-refractivity contribution < 1.29 is 13.6 Å². The second-order valence-corrected chi connectivity index (χ2v) is 5.51. The van der Waals surface area contributed by atoms with Crippen molar-refractivity contribution in [3.63, 3.8) is 0 Å². The van der Waals surface area contributed by atoms with Crippen molar-refractivity contribution in [1.82, 2.24) is 5.32 Å². The monoisotopic (exact) mass is 282 g/mol. The van der Waals surface area contributed by atoms with Gasteiger partial charge in [0.05, 0.1) is 11.3 Å². The summed E-state index contributed by atoms with van der Waals surface area (Å²) in [5.41, 5.74) is 4.96. The summed E-state index contributed by atoms with van der Waals surface area (Å²) in [6, 6.07) is 1.68. The highest BCUT2D eigenvalue weighted by Crippen LogP contribution is 2.26. The number of amides is 1. The lowest BCUT2D eigenvalue weighted by atomic mass is 9.84. The lowest BCUT2D eigenvalue weighted by molar-refractivity contribution is 0.0915. The van der Waals surface area contributed by atoms with Gasteiger partial charge < -0.3 is 11.1 Å². The Morgan fingerprint density at radius 2 is 1.90 bits per heavy atom. The van der Waals surface area contributed by atoms with Crippen molar-refractivity contribution in [2.75, 3.05) is 5.73 Å². The van der Waals surface area contributed by atoms with Crippen molar-refractivity contribution in [1.29, 1.82) is 0 Å². The second kappa shape index (κ2) is 6.20. The third-order valence-electron chi connectivity index (χ3n) is 4.05. The molecule has 110 valence electrons. The maximum atomic E-state index is 13.6. The molecule has 3 nitrogen and oxygen atoms in total. The van der Waals surface area contributed by atoms with Gasteiger partial charge in [-0.2, -0.15) is 0 Å². The lowest BCUT2D eigenvalue weighted by Gasteiger charge is -2.28. The highest BCUT2D eigenvalue weighted by molar-refractivity contribution is 5.95. The van der Waals surface area contributed by atoms with Crippen molar-refractivity contribution in [3.05, 3.63) is 29.3 Å². The number of benzene rings is 1. The molecule has 0 saturated heterocycles. The zero-order chi connectivity index (χ0) is 14.7. The molecule has 0 bridgehead atoms. The minimum absolute atomic E-state index is 0.0199. The van der Waals surface area contributed by atoms with Gasteiger partial charge in [-0.1, -0.05) is 19.3 Å². The van der Waals surface area contributed by atoms with Crippen LogP contribution in [0.25, 0.3) is 0 Å². The fourth-order valence-corrected chi connectivity index (χ4v) is 2.78. The van der Waals surface area contributed by atoms with Crippen molar-refractivity contribution in [2.24, 2.45) is 5.92 Å². The summed E-state index contributed by atoms with van der Waals surface area (Å²) < 4.78 is 26.7. The van der Waals surface area contributed by atoms with Gasteiger partial charge >= 0.3 is 0 Å². The van der Waals surface area contributed by atoms with Gasteiger partial charge in [0.15, 0.2) is 0 Å². The van der Waals surface area contributed by atoms with Gasteiger partial charge in [-0.15, -0.1) is 0 Å². The molecule has 0 radical (unpaired) electrons. The van der Waals surface area contributed by atoms with Crippen molar-refractivity contribution >= 4 is 11.6 Å². The molecule has 0 aliphatic heterocycles. The first-order valence-corrected chi connectivity index (χ1v) is 7.04. The van der Waals surface area contributed by atoms with E-state index in [0.29, 0.717) is 12.0 Å². The topological polar surface area (TPSA) is 55.1 Å². The van der Waals surface area contributed by atoms with Crippen LogP contribution in [0.1, 0.15) is 49.4 Å². The molecular formula is C15H20F2N2O. The summed E-state index contributed by atoms with van der Waals surface area (Å²) in [4.78, 5) is 12.1. The van der Waals surface area contributed by atoms with Crippen LogP contribution in [0, 0.1) is 17.6 Å². The van der Waals surface area contributed by atoms with Gasteiger partial charge in [-0.25, -0.2) is 8.78 Å². The van der Waals surface area contributed by atoms with E-state index in [2.05, 4.69) is 5.32 Å². The largest absolute Gasteiger partial charge is 0.396 e. The lowest BCUT2D eigenvalue weighted by Crippen LogP contribution is -2.39. The van der Waals surface area contributed by atoms with Crippen molar-refractivity contribution in [2.45, 2.75) is 45.1 Å². The standard InChI is InChI=1S/C15H20F2N2O/c1-9(10-5-3-2-4-6-10)19-15(20)11-7-14(18)13(17)8-12(11)16/h7-10H,2-6,18H2,1H3,(H,19,20). The Balaban J connectivity index is 2.06. The molecule has 1 saturated carbocycles. The minimum atomic E-state index is -0.884. The molecule has 1 fully saturated rings. The van der Waals surface area contributed by atoms with E-state index in [9.17, 15) is 13.6 Å². The minimum Gasteiger partial charge on any atom is -0.396 e. The highest BCUT2D eigenvalue weighted by atomic mass is 19.1. The third kappa shape index (κ3) is 3.26. The van der Waals surface area contributed by atoms with E-state index in [1.54, 1.807) is 0 Å². The Hall–Kier alpha value is -1.65. The molecule has 1 aromatic rings. The summed E-state index contributed by atoms with van der Waals surface area (Å²) in [6.45, 7) is 1.93. The Bertz CT molecular complexity index is 499. The van der Waals surface area contributed by atoms with E-state index in [1.807, 2.05) is 6.92 Å². The number of hydrogen-bond acceptors (Lipinski definition) is 2. The first-order valence-electron chi connectivity index (χ1n) is 7.04. The summed E-state index contributed by atoms with van der Waals surface area (Å²) in [5.74, 6) is -1.84. The molecular weight excluding hydrogens is 262 g/mol. The molecule has 1 aliphatic rings. The maximum absolute atomic E-state index is 13.6. The van der Waals surface area contributed by atoms with E-state index < -0.39 is 17.5 Å². The van der Waals surface area contributed by atoms with E-state index in [-0.39, 0.29) is 17.3 Å². The molecule has 1 unspecified atom stereocenters. The Morgan fingerprint density at radius 3 is 2.55 bits per heavy atom. The van der Waals surface area contributed by atoms with Crippen LogP contribution in [0.15, 0.2) is 12.1 Å². The Morgan fingerprint density at radius 1 is 1.25 bits per heavy atom. The van der Waals surface area contributed by atoms with Gasteiger partial charge in [-0.3, -0.25) is 4.79 Å². The summed E-state index contributed by atoms with van der Waals surface area (Å²) in [5, 5.41) is 2.80. The predicted molar refractivity (Wildman–Crippen MR) is 74.3 cm³/mol. The van der Waals surface area contributed by atoms with Gasteiger partial charge in [0, 0.05) is 12.1 Å². The molecule has 2 rings (SSSR count). The van der Waals surface area contributed by atoms with Crippen LogP contribution >= 0.6 is 0 Å². The van der Waals surface area contributed by atoms with Crippen LogP contribution in [0.5, 0.6) is 0 Å². The van der Waals surface area contributed by atoms with Crippen LogP contribution in [0.3, 0.4) is 0 Å². The number of hydrogen-bond donors (Lipinski definition) is 2. The maximum Gasteiger partial charge on any atom is 0.254 e. The second-order valence-electron chi connectivity index (χ2n) is 5.51. The fourth-order valence-electron chi connectivity index (χ4n) is 2.78. The fraction of sp³-hybridized carbons (Fsp3) is 0.533. The van der Waals surface area contributed by atoms with Crippen LogP contribution in [-0.4, -0.2) is 11.9 Å². The number of rotatable bonds is 3. The summed E-state index contributed by atoms with van der Waals surface area (Å²) in [6.07, 6.45) is 5.73. The molecule has 1 aliphatic carbocycles. The van der Waals surface area contributed by atoms with Crippen LogP contribution in [0.2, 0.25) is 0 Å². The predicted octanol–water partition coefficient (Wildman–Crippen LogP) is 3.25. The number of nitrogens with one attached hydrogen (secondary N) is 1. The molecule has 0 heterocycles. The molecule has 1 amide bonds. The van der Waals surface area contributed by atoms with Gasteiger partial charge in [0.25, 0.3) is 5.91 Å². The highest BCUT2D eigenvalue weighted by Gasteiger charge is 2.23. The Labute approximate surface area is 117 Å². The summed E-state index contributed by atoms with van der Waals surface area (Å²) in [7, 11) is 0. The quantitative estimate of drug-likeness (QED) is 0.836. The SMILES string of the molecule is CC(NC(=O)c1cc(N)c(F)cc1F)C1CCCCC1. The third-order valence-corrected chi connectivity index (χ3v) is 4.05. The molecule has 5 heteroatoms. The number of halogens is 2. The molecule has 20 heavy (non-hydrogen) atoms. The number of nitrogens with two attached hydrogens (primary N) is 1. The van der Waals surface area contributed by atoms with Crippen LogP contribution < -0.4 is 11.1 Å². The average molecular weight is 282 g/mol. The number of anilines is 1. The smallest absolute Gasteiger partial charge is 0.254 e. The van der Waals surface area contributed by atoms with E-state index >= 15 is 0 Å². The molecule has 0 aromatic heterocycles. The van der Waals surface area contributed by atoms with E-state index in [0.717, 1.165) is 18.9 Å². The van der Waals surface area contributed by atoms with Crippen LogP contribution in [0.4, 0.5) is 14.5 Å². The van der Waals surface area contributed by atoms with E-state index in [4.69, 9.17) is 5.73 Å². The molecule has 1 aromatic carbocycles. The number of carbonyl (C=O) groups is 1. The molecule has 1 atom stereocenters. The van der Waals surface area contributed by atoms with Crippen molar-refractivity contribution in [3.8, 4) is 0 Å². The number of carbonyl (C=O) groups excluding carboxylic acids is 1. The summed E-state index contributed by atoms with van der Waals surface area (Å²) >= 11 is 0. The molecule has 0 spiro atoms. The van der Waals surface area contributed by atoms with Gasteiger partial charge in [-0.05, 0) is 31.7 Å². The van der Waals surface area contributed by atoms with E-state index in [1.165, 1.54) is 19.3 Å². The number of nitrogen functional groups attached to an aromatic ring is 1. The van der Waals surface area contributed by atoms with Gasteiger partial charge in [0.1, 0.15) is 11.6 Å². The first kappa shape index (κ1) is 14.8. The Kier molecular flexibility index (Phi) is 4.57. The van der Waals surface area contributed by atoms with Crippen LogP contribution in [-0.2, 0) is 0 Å². The normalized spacial score (nSPS) is 17.8.